The highest BCUT2D eigenvalue weighted by atomic mass is 16.2. The van der Waals surface area contributed by atoms with Crippen LogP contribution in [-0.2, 0) is 4.79 Å². The fourth-order valence-corrected chi connectivity index (χ4v) is 0.911. The predicted molar refractivity (Wildman–Crippen MR) is 49.1 cm³/mol. The minimum atomic E-state index is -0.391. The molecule has 60 valence electrons. The van der Waals surface area contributed by atoms with E-state index in [1.165, 1.54) is 0 Å². The van der Waals surface area contributed by atoms with Gasteiger partial charge in [0.05, 0.1) is 0 Å². The van der Waals surface area contributed by atoms with Crippen LogP contribution in [0.25, 0.3) is 0 Å². The third-order valence-electron chi connectivity index (χ3n) is 1.61. The van der Waals surface area contributed by atoms with Gasteiger partial charge in [-0.3, -0.25) is 9.59 Å². The molecule has 0 N–H and O–H groups in total. The summed E-state index contributed by atoms with van der Waals surface area (Å²) in [6.45, 7) is 0. The van der Waals surface area contributed by atoms with E-state index in [4.69, 9.17) is 0 Å². The van der Waals surface area contributed by atoms with Crippen molar-refractivity contribution in [3.63, 3.8) is 0 Å². The fraction of sp³-hybridized carbons (Fsp3) is 0.111. The summed E-state index contributed by atoms with van der Waals surface area (Å²) in [4.78, 5) is 22.2. The number of Topliss-reactive ketones (excluding diaryl/α,β-unsaturated/α-hetero) is 2. The van der Waals surface area contributed by atoms with Crippen molar-refractivity contribution in [1.82, 2.24) is 0 Å². The van der Waals surface area contributed by atoms with Gasteiger partial charge in [-0.15, -0.1) is 0 Å². The van der Waals surface area contributed by atoms with Crippen molar-refractivity contribution >= 4 is 19.4 Å². The Morgan fingerprint density at radius 3 is 2.25 bits per heavy atom. The Kier molecular flexibility index (Phi) is 2.80. The molecule has 0 aliphatic carbocycles. The number of rotatable bonds is 3. The third kappa shape index (κ3) is 1.81. The molecular formula is C9H9BO2. The lowest BCUT2D eigenvalue weighted by Crippen LogP contribution is -2.12. The lowest BCUT2D eigenvalue weighted by atomic mass is 9.95. The summed E-state index contributed by atoms with van der Waals surface area (Å²) in [7, 11) is 1.68. The number of hydrogen-bond acceptors (Lipinski definition) is 2. The van der Waals surface area contributed by atoms with Crippen LogP contribution in [0.1, 0.15) is 10.4 Å². The topological polar surface area (TPSA) is 34.1 Å². The van der Waals surface area contributed by atoms with Crippen molar-refractivity contribution in [2.24, 2.45) is 0 Å². The van der Waals surface area contributed by atoms with E-state index in [1.54, 1.807) is 32.1 Å². The molecule has 0 radical (unpaired) electrons. The van der Waals surface area contributed by atoms with Gasteiger partial charge in [-0.2, -0.15) is 0 Å². The second-order valence-electron chi connectivity index (χ2n) is 2.47. The summed E-state index contributed by atoms with van der Waals surface area (Å²) in [5, 5.41) is 0. The molecule has 2 nitrogen and oxygen atoms in total. The average Bonchev–Trinajstić information content (AvgIpc) is 2.17. The van der Waals surface area contributed by atoms with Gasteiger partial charge in [0.2, 0.25) is 5.78 Å². The molecule has 0 spiro atoms. The zero-order valence-corrected chi connectivity index (χ0v) is 6.91. The van der Waals surface area contributed by atoms with Crippen LogP contribution in [0.3, 0.4) is 0 Å². The largest absolute Gasteiger partial charge is 0.291 e. The third-order valence-corrected chi connectivity index (χ3v) is 1.61. The Labute approximate surface area is 72.0 Å². The van der Waals surface area contributed by atoms with E-state index in [9.17, 15) is 9.59 Å². The van der Waals surface area contributed by atoms with Crippen molar-refractivity contribution in [3.05, 3.63) is 35.9 Å². The van der Waals surface area contributed by atoms with Gasteiger partial charge in [0, 0.05) is 5.56 Å². The van der Waals surface area contributed by atoms with E-state index in [1.807, 2.05) is 6.07 Å². The van der Waals surface area contributed by atoms with Gasteiger partial charge in [-0.1, -0.05) is 30.3 Å². The average molecular weight is 160 g/mol. The van der Waals surface area contributed by atoms with Crippen LogP contribution < -0.4 is 0 Å². The molecule has 0 aromatic heterocycles. The Bertz CT molecular complexity index is 293. The van der Waals surface area contributed by atoms with Crippen LogP contribution in [0.15, 0.2) is 30.3 Å². The SMILES string of the molecule is BCC(=O)C(=O)c1ccccc1. The molecule has 1 aromatic carbocycles. The minimum absolute atomic E-state index is 0.272. The highest BCUT2D eigenvalue weighted by molar-refractivity contribution is 6.49. The lowest BCUT2D eigenvalue weighted by Gasteiger charge is -1.95. The van der Waals surface area contributed by atoms with E-state index < -0.39 is 5.78 Å². The van der Waals surface area contributed by atoms with E-state index in [-0.39, 0.29) is 12.1 Å². The van der Waals surface area contributed by atoms with Gasteiger partial charge >= 0.3 is 0 Å². The summed E-state index contributed by atoms with van der Waals surface area (Å²) < 4.78 is 0. The number of ketones is 2. The number of hydrogen-bond donors (Lipinski definition) is 0. The van der Waals surface area contributed by atoms with Gasteiger partial charge in [0.1, 0.15) is 7.85 Å². The summed E-state index contributed by atoms with van der Waals surface area (Å²) >= 11 is 0. The first kappa shape index (κ1) is 8.72. The molecule has 0 aliphatic rings. The van der Waals surface area contributed by atoms with Crippen LogP contribution in [0, 0.1) is 0 Å². The Balaban J connectivity index is 2.86. The molecule has 1 rings (SSSR count). The molecule has 0 saturated heterocycles. The van der Waals surface area contributed by atoms with Gasteiger partial charge in [-0.25, -0.2) is 0 Å². The second-order valence-corrected chi connectivity index (χ2v) is 2.47. The van der Waals surface area contributed by atoms with Crippen molar-refractivity contribution in [1.29, 1.82) is 0 Å². The highest BCUT2D eigenvalue weighted by Gasteiger charge is 2.12. The number of carbonyl (C=O) groups excluding carboxylic acids is 2. The van der Waals surface area contributed by atoms with Gasteiger partial charge in [0.25, 0.3) is 0 Å². The van der Waals surface area contributed by atoms with Crippen LogP contribution in [-0.4, -0.2) is 19.4 Å². The molecule has 0 fully saturated rings. The maximum atomic E-state index is 11.2. The maximum absolute atomic E-state index is 11.2. The van der Waals surface area contributed by atoms with Gasteiger partial charge in [0.15, 0.2) is 5.78 Å². The minimum Gasteiger partial charge on any atom is -0.291 e. The molecular weight excluding hydrogens is 151 g/mol. The molecule has 0 atom stereocenters. The zero-order chi connectivity index (χ0) is 8.97. The fourth-order valence-electron chi connectivity index (χ4n) is 0.911. The van der Waals surface area contributed by atoms with Crippen molar-refractivity contribution in [3.8, 4) is 0 Å². The predicted octanol–water partition coefficient (Wildman–Crippen LogP) is 0.490. The van der Waals surface area contributed by atoms with Crippen LogP contribution in [0.4, 0.5) is 0 Å². The maximum Gasteiger partial charge on any atom is 0.227 e. The van der Waals surface area contributed by atoms with Gasteiger partial charge in [-0.05, 0) is 6.32 Å². The monoisotopic (exact) mass is 160 g/mol. The van der Waals surface area contributed by atoms with Crippen LogP contribution in [0.5, 0.6) is 0 Å². The smallest absolute Gasteiger partial charge is 0.227 e. The Morgan fingerprint density at radius 1 is 1.17 bits per heavy atom. The number of carbonyl (C=O) groups is 2. The van der Waals surface area contributed by atoms with Crippen molar-refractivity contribution in [2.75, 3.05) is 0 Å². The standard InChI is InChI=1S/C9H9BO2/c10-6-8(11)9(12)7-4-2-1-3-5-7/h1-5H,6,10H2. The molecule has 0 aliphatic heterocycles. The first-order valence-corrected chi connectivity index (χ1v) is 3.88. The molecule has 0 unspecified atom stereocenters. The Hall–Kier alpha value is -1.38. The van der Waals surface area contributed by atoms with E-state index >= 15 is 0 Å². The molecule has 0 bridgehead atoms. The molecule has 0 heterocycles. The molecule has 0 amide bonds. The van der Waals surface area contributed by atoms with Crippen LogP contribution in [0.2, 0.25) is 6.32 Å². The summed E-state index contributed by atoms with van der Waals surface area (Å²) in [5.41, 5.74) is 0.476. The van der Waals surface area contributed by atoms with Crippen LogP contribution >= 0.6 is 0 Å². The van der Waals surface area contributed by atoms with E-state index in [0.717, 1.165) is 0 Å². The highest BCUT2D eigenvalue weighted by Crippen LogP contribution is 2.01. The van der Waals surface area contributed by atoms with E-state index in [2.05, 4.69) is 0 Å². The van der Waals surface area contributed by atoms with Gasteiger partial charge < -0.3 is 0 Å². The quantitative estimate of drug-likeness (QED) is 0.366. The molecule has 0 saturated carbocycles. The normalized spacial score (nSPS) is 9.33. The van der Waals surface area contributed by atoms with Crippen molar-refractivity contribution < 1.29 is 9.59 Å². The summed E-state index contributed by atoms with van der Waals surface area (Å²) in [6, 6.07) is 8.60. The second kappa shape index (κ2) is 3.86. The molecule has 3 heteroatoms. The first-order valence-electron chi connectivity index (χ1n) is 3.88. The zero-order valence-electron chi connectivity index (χ0n) is 6.91. The Morgan fingerprint density at radius 2 is 1.75 bits per heavy atom. The summed E-state index contributed by atoms with van der Waals surface area (Å²) in [6.07, 6.45) is 0.272. The molecule has 12 heavy (non-hydrogen) atoms. The summed E-state index contributed by atoms with van der Waals surface area (Å²) in [5.74, 6) is -0.723. The molecule has 1 aromatic rings. The lowest BCUT2D eigenvalue weighted by molar-refractivity contribution is -0.113. The van der Waals surface area contributed by atoms with E-state index in [0.29, 0.717) is 5.56 Å². The van der Waals surface area contributed by atoms with Crippen molar-refractivity contribution in [2.45, 2.75) is 6.32 Å². The first-order chi connectivity index (χ1) is 5.75. The number of benzene rings is 1.